The van der Waals surface area contributed by atoms with Gasteiger partial charge in [-0.1, -0.05) is 32.6 Å². The van der Waals surface area contributed by atoms with Crippen LogP contribution in [0.2, 0.25) is 0 Å². The van der Waals surface area contributed by atoms with E-state index in [9.17, 15) is 0 Å². The Morgan fingerprint density at radius 1 is 1.06 bits per heavy atom. The lowest BCUT2D eigenvalue weighted by atomic mass is 9.78. The highest BCUT2D eigenvalue weighted by Crippen LogP contribution is 2.34. The van der Waals surface area contributed by atoms with E-state index in [2.05, 4.69) is 11.8 Å². The molecule has 0 bridgehead atoms. The van der Waals surface area contributed by atoms with Gasteiger partial charge in [-0.2, -0.15) is 0 Å². The van der Waals surface area contributed by atoms with Crippen LogP contribution in [0.25, 0.3) is 0 Å². The van der Waals surface area contributed by atoms with Gasteiger partial charge in [0.2, 0.25) is 0 Å². The molecule has 0 amide bonds. The first kappa shape index (κ1) is 12.4. The molecule has 2 saturated carbocycles. The molecule has 0 radical (unpaired) electrons. The van der Waals surface area contributed by atoms with Crippen LogP contribution >= 0.6 is 0 Å². The summed E-state index contributed by atoms with van der Waals surface area (Å²) in [5, 5.41) is 0. The lowest BCUT2D eigenvalue weighted by Gasteiger charge is -2.45. The maximum atomic E-state index is 6.02. The van der Waals surface area contributed by atoms with Gasteiger partial charge in [0.1, 0.15) is 0 Å². The van der Waals surface area contributed by atoms with Crippen LogP contribution in [0.5, 0.6) is 0 Å². The van der Waals surface area contributed by atoms with Gasteiger partial charge >= 0.3 is 0 Å². The van der Waals surface area contributed by atoms with Crippen molar-refractivity contribution in [2.24, 2.45) is 11.7 Å². The highest BCUT2D eigenvalue weighted by Gasteiger charge is 2.33. The third-order valence-electron chi connectivity index (χ3n) is 4.77. The average molecular weight is 224 g/mol. The number of likely N-dealkylation sites (N-methyl/N-ethyl adjacent to an activating group) is 1. The Hall–Kier alpha value is -0.0800. The number of nitrogens with zero attached hydrogens (tertiary/aromatic N) is 1. The molecule has 94 valence electrons. The second-order valence-electron chi connectivity index (χ2n) is 5.62. The van der Waals surface area contributed by atoms with Crippen molar-refractivity contribution in [1.82, 2.24) is 4.90 Å². The topological polar surface area (TPSA) is 29.3 Å². The summed E-state index contributed by atoms with van der Waals surface area (Å²) in [4.78, 5) is 2.74. The van der Waals surface area contributed by atoms with Crippen molar-refractivity contribution >= 4 is 0 Å². The monoisotopic (exact) mass is 224 g/mol. The Bertz CT molecular complexity index is 195. The summed E-state index contributed by atoms with van der Waals surface area (Å²) in [6.45, 7) is 4.38. The minimum atomic E-state index is 0.682. The predicted octanol–water partition coefficient (Wildman–Crippen LogP) is 2.77. The summed E-state index contributed by atoms with van der Waals surface area (Å²) in [6, 6.07) is 1.52. The van der Waals surface area contributed by atoms with Crippen LogP contribution in [0, 0.1) is 5.92 Å². The molecule has 0 aromatic heterocycles. The van der Waals surface area contributed by atoms with E-state index in [1.165, 1.54) is 57.9 Å². The molecule has 16 heavy (non-hydrogen) atoms. The summed E-state index contributed by atoms with van der Waals surface area (Å²) in [5.41, 5.74) is 6.02. The largest absolute Gasteiger partial charge is 0.329 e. The SMILES string of the molecule is CCN(C1CCCCC1)C(CN)C1CCC1. The van der Waals surface area contributed by atoms with Crippen LogP contribution < -0.4 is 5.73 Å². The van der Waals surface area contributed by atoms with Crippen molar-refractivity contribution in [2.45, 2.75) is 70.4 Å². The molecule has 0 spiro atoms. The third-order valence-corrected chi connectivity index (χ3v) is 4.77. The van der Waals surface area contributed by atoms with E-state index in [1.807, 2.05) is 0 Å². The highest BCUT2D eigenvalue weighted by molar-refractivity contribution is 4.89. The Kier molecular flexibility index (Phi) is 4.66. The van der Waals surface area contributed by atoms with Crippen LogP contribution in [0.15, 0.2) is 0 Å². The minimum Gasteiger partial charge on any atom is -0.329 e. The molecule has 0 heterocycles. The first-order valence-corrected chi connectivity index (χ1v) is 7.32. The van der Waals surface area contributed by atoms with Crippen LogP contribution in [0.3, 0.4) is 0 Å². The first-order valence-electron chi connectivity index (χ1n) is 7.32. The van der Waals surface area contributed by atoms with Crippen molar-refractivity contribution in [2.75, 3.05) is 13.1 Å². The van der Waals surface area contributed by atoms with Crippen LogP contribution in [0.4, 0.5) is 0 Å². The highest BCUT2D eigenvalue weighted by atomic mass is 15.2. The van der Waals surface area contributed by atoms with Crippen LogP contribution in [0.1, 0.15) is 58.3 Å². The maximum Gasteiger partial charge on any atom is 0.0249 e. The molecule has 2 aliphatic rings. The molecule has 2 N–H and O–H groups in total. The van der Waals surface area contributed by atoms with Gasteiger partial charge in [0.05, 0.1) is 0 Å². The molecule has 1 atom stereocenters. The molecular formula is C14H28N2. The van der Waals surface area contributed by atoms with Gasteiger partial charge in [-0.3, -0.25) is 4.90 Å². The Morgan fingerprint density at radius 2 is 1.75 bits per heavy atom. The molecule has 0 saturated heterocycles. The zero-order valence-corrected chi connectivity index (χ0v) is 10.8. The molecule has 0 aliphatic heterocycles. The molecule has 2 fully saturated rings. The Morgan fingerprint density at radius 3 is 2.19 bits per heavy atom. The van der Waals surface area contributed by atoms with Crippen molar-refractivity contribution < 1.29 is 0 Å². The summed E-state index contributed by atoms with van der Waals surface area (Å²) in [6.07, 6.45) is 11.4. The van der Waals surface area contributed by atoms with Gasteiger partial charge in [0.15, 0.2) is 0 Å². The second kappa shape index (κ2) is 6.02. The zero-order chi connectivity index (χ0) is 11.4. The van der Waals surface area contributed by atoms with Crippen LogP contribution in [-0.2, 0) is 0 Å². The van der Waals surface area contributed by atoms with Gasteiger partial charge < -0.3 is 5.73 Å². The smallest absolute Gasteiger partial charge is 0.0249 e. The van der Waals surface area contributed by atoms with Crippen molar-refractivity contribution in [1.29, 1.82) is 0 Å². The number of rotatable bonds is 5. The maximum absolute atomic E-state index is 6.02. The Labute approximate surface area is 101 Å². The predicted molar refractivity (Wildman–Crippen MR) is 69.4 cm³/mol. The first-order chi connectivity index (χ1) is 7.86. The molecule has 2 aliphatic carbocycles. The Balaban J connectivity index is 1.94. The van der Waals surface area contributed by atoms with Crippen molar-refractivity contribution in [3.8, 4) is 0 Å². The fourth-order valence-electron chi connectivity index (χ4n) is 3.60. The van der Waals surface area contributed by atoms with E-state index < -0.39 is 0 Å². The molecule has 0 aromatic carbocycles. The molecular weight excluding hydrogens is 196 g/mol. The van der Waals surface area contributed by atoms with Crippen molar-refractivity contribution in [3.63, 3.8) is 0 Å². The zero-order valence-electron chi connectivity index (χ0n) is 10.8. The van der Waals surface area contributed by atoms with Gasteiger partial charge in [0, 0.05) is 18.6 Å². The lowest BCUT2D eigenvalue weighted by molar-refractivity contribution is 0.0513. The third kappa shape index (κ3) is 2.60. The fraction of sp³-hybridized carbons (Fsp3) is 1.00. The van der Waals surface area contributed by atoms with E-state index in [1.54, 1.807) is 0 Å². The average Bonchev–Trinajstić information content (AvgIpc) is 2.27. The second-order valence-corrected chi connectivity index (χ2v) is 5.62. The minimum absolute atomic E-state index is 0.682. The molecule has 0 aromatic rings. The van der Waals surface area contributed by atoms with Gasteiger partial charge in [0.25, 0.3) is 0 Å². The van der Waals surface area contributed by atoms with Gasteiger partial charge in [-0.25, -0.2) is 0 Å². The van der Waals surface area contributed by atoms with E-state index in [-0.39, 0.29) is 0 Å². The fourth-order valence-corrected chi connectivity index (χ4v) is 3.60. The van der Waals surface area contributed by atoms with E-state index in [0.29, 0.717) is 6.04 Å². The van der Waals surface area contributed by atoms with Gasteiger partial charge in [-0.05, 0) is 38.1 Å². The molecule has 2 rings (SSSR count). The molecule has 2 heteroatoms. The van der Waals surface area contributed by atoms with E-state index >= 15 is 0 Å². The molecule has 2 nitrogen and oxygen atoms in total. The van der Waals surface area contributed by atoms with Gasteiger partial charge in [-0.15, -0.1) is 0 Å². The number of hydrogen-bond donors (Lipinski definition) is 1. The van der Waals surface area contributed by atoms with E-state index in [0.717, 1.165) is 18.5 Å². The summed E-state index contributed by atoms with van der Waals surface area (Å²) in [5.74, 6) is 0.909. The van der Waals surface area contributed by atoms with Crippen molar-refractivity contribution in [3.05, 3.63) is 0 Å². The quantitative estimate of drug-likeness (QED) is 0.778. The summed E-state index contributed by atoms with van der Waals surface area (Å²) in [7, 11) is 0. The number of hydrogen-bond acceptors (Lipinski definition) is 2. The van der Waals surface area contributed by atoms with E-state index in [4.69, 9.17) is 5.73 Å². The summed E-state index contributed by atoms with van der Waals surface area (Å²) < 4.78 is 0. The van der Waals surface area contributed by atoms with Crippen LogP contribution in [-0.4, -0.2) is 30.1 Å². The lowest BCUT2D eigenvalue weighted by Crippen LogP contribution is -2.52. The number of nitrogens with two attached hydrogens (primary N) is 1. The molecule has 1 unspecified atom stereocenters. The standard InChI is InChI=1S/C14H28N2/c1-2-16(13-9-4-3-5-10-13)14(11-15)12-7-6-8-12/h12-14H,2-11,15H2,1H3. The normalized spacial score (nSPS) is 25.7. The summed E-state index contributed by atoms with van der Waals surface area (Å²) >= 11 is 0.